The van der Waals surface area contributed by atoms with Gasteiger partial charge in [-0.3, -0.25) is 19.3 Å². The van der Waals surface area contributed by atoms with E-state index >= 15 is 0 Å². The van der Waals surface area contributed by atoms with Gasteiger partial charge in [0.15, 0.2) is 6.10 Å². The molecule has 3 aliphatic rings. The van der Waals surface area contributed by atoms with Gasteiger partial charge in [0.1, 0.15) is 0 Å². The van der Waals surface area contributed by atoms with Crippen molar-refractivity contribution >= 4 is 11.8 Å². The molecule has 0 bridgehead atoms. The van der Waals surface area contributed by atoms with Crippen LogP contribution in [0.25, 0.3) is 0 Å². The zero-order valence-corrected chi connectivity index (χ0v) is 11.4. The Labute approximate surface area is 117 Å². The molecule has 0 N–H and O–H groups in total. The summed E-state index contributed by atoms with van der Waals surface area (Å²) in [5, 5.41) is 1.86. The first-order valence-electron chi connectivity index (χ1n) is 6.94. The topological polar surface area (TPSA) is 49.9 Å². The van der Waals surface area contributed by atoms with Crippen molar-refractivity contribution in [3.05, 3.63) is 35.4 Å². The summed E-state index contributed by atoms with van der Waals surface area (Å²) in [6.45, 7) is 2.07. The van der Waals surface area contributed by atoms with Gasteiger partial charge in [-0.25, -0.2) is 0 Å². The van der Waals surface area contributed by atoms with Gasteiger partial charge in [-0.15, -0.1) is 0 Å². The molecular formula is C15H16N2O3. The van der Waals surface area contributed by atoms with E-state index in [0.717, 1.165) is 12.0 Å². The Morgan fingerprint density at radius 3 is 2.75 bits per heavy atom. The summed E-state index contributed by atoms with van der Waals surface area (Å²) in [5.74, 6) is -0.758. The van der Waals surface area contributed by atoms with Crippen LogP contribution < -0.4 is 0 Å². The third kappa shape index (κ3) is 1.34. The van der Waals surface area contributed by atoms with Crippen LogP contribution in [0.3, 0.4) is 0 Å². The van der Waals surface area contributed by atoms with Crippen LogP contribution in [-0.2, 0) is 20.8 Å². The summed E-state index contributed by atoms with van der Waals surface area (Å²) < 4.78 is 0. The molecule has 104 valence electrons. The molecule has 1 aromatic carbocycles. The standard InChI is InChI=1S/C15H16N2O3/c1-8-7-9-5-3-4-6-10(9)12-11-13(20-17(8)12)15(19)16(2)14(11)18/h3-6,8,11-13H,7H2,1-2H3/t8-,11+,12+,13-/m0/s1. The highest BCUT2D eigenvalue weighted by Gasteiger charge is 2.60. The molecule has 0 aliphatic carbocycles. The molecule has 3 aliphatic heterocycles. The zero-order valence-electron chi connectivity index (χ0n) is 11.4. The van der Waals surface area contributed by atoms with Crippen molar-refractivity contribution in [1.29, 1.82) is 0 Å². The third-order valence-corrected chi connectivity index (χ3v) is 4.69. The van der Waals surface area contributed by atoms with Crippen LogP contribution in [0.15, 0.2) is 24.3 Å². The molecule has 0 radical (unpaired) electrons. The molecule has 0 unspecified atom stereocenters. The van der Waals surface area contributed by atoms with Crippen LogP contribution in [0.1, 0.15) is 24.1 Å². The number of likely N-dealkylation sites (N-methyl/N-ethyl adjacent to an activating group) is 1. The third-order valence-electron chi connectivity index (χ3n) is 4.69. The lowest BCUT2D eigenvalue weighted by Crippen LogP contribution is -2.42. The lowest BCUT2D eigenvalue weighted by atomic mass is 9.83. The van der Waals surface area contributed by atoms with Gasteiger partial charge in [-0.05, 0) is 24.5 Å². The Balaban J connectivity index is 1.85. The number of amides is 2. The largest absolute Gasteiger partial charge is 0.284 e. The summed E-state index contributed by atoms with van der Waals surface area (Å²) >= 11 is 0. The summed E-state index contributed by atoms with van der Waals surface area (Å²) in [6.07, 6.45) is 0.232. The van der Waals surface area contributed by atoms with E-state index in [4.69, 9.17) is 4.84 Å². The molecule has 20 heavy (non-hydrogen) atoms. The molecule has 1 aromatic rings. The predicted octanol–water partition coefficient (Wildman–Crippen LogP) is 0.903. The predicted molar refractivity (Wildman–Crippen MR) is 70.3 cm³/mol. The molecule has 4 atom stereocenters. The number of nitrogens with zero attached hydrogens (tertiary/aromatic N) is 2. The molecular weight excluding hydrogens is 256 g/mol. The SMILES string of the molecule is C[C@H]1Cc2ccccc2[C@@H]2[C@H]3C(=O)N(C)C(=O)[C@H]3ON21. The molecule has 2 amide bonds. The van der Waals surface area contributed by atoms with Crippen molar-refractivity contribution in [2.24, 2.45) is 5.92 Å². The number of carbonyl (C=O) groups excluding carboxylic acids is 2. The fourth-order valence-corrected chi connectivity index (χ4v) is 3.70. The Morgan fingerprint density at radius 1 is 1.20 bits per heavy atom. The summed E-state index contributed by atoms with van der Waals surface area (Å²) in [6, 6.07) is 8.17. The maximum atomic E-state index is 12.4. The lowest BCUT2D eigenvalue weighted by Gasteiger charge is -2.37. The van der Waals surface area contributed by atoms with Crippen LogP contribution in [-0.4, -0.2) is 41.0 Å². The summed E-state index contributed by atoms with van der Waals surface area (Å²) in [5.41, 5.74) is 2.37. The highest BCUT2D eigenvalue weighted by atomic mass is 16.7. The van der Waals surface area contributed by atoms with Crippen LogP contribution >= 0.6 is 0 Å². The van der Waals surface area contributed by atoms with Gasteiger partial charge in [0, 0.05) is 13.1 Å². The van der Waals surface area contributed by atoms with E-state index in [1.54, 1.807) is 0 Å². The summed E-state index contributed by atoms with van der Waals surface area (Å²) in [7, 11) is 1.54. The Bertz CT molecular complexity index is 615. The molecule has 0 aromatic heterocycles. The number of hydrogen-bond donors (Lipinski definition) is 0. The van der Waals surface area contributed by atoms with Gasteiger partial charge >= 0.3 is 0 Å². The average Bonchev–Trinajstić information content (AvgIpc) is 2.94. The molecule has 5 heteroatoms. The van der Waals surface area contributed by atoms with Crippen LogP contribution in [0, 0.1) is 5.92 Å². The second-order valence-corrected chi connectivity index (χ2v) is 5.84. The van der Waals surface area contributed by atoms with E-state index in [-0.39, 0.29) is 23.9 Å². The molecule has 2 fully saturated rings. The smallest absolute Gasteiger partial charge is 0.261 e. The van der Waals surface area contributed by atoms with E-state index in [2.05, 4.69) is 13.0 Å². The number of hydroxylamine groups is 2. The van der Waals surface area contributed by atoms with Crippen molar-refractivity contribution in [2.75, 3.05) is 7.05 Å². The van der Waals surface area contributed by atoms with Crippen LogP contribution in [0.2, 0.25) is 0 Å². The minimum atomic E-state index is -0.647. The van der Waals surface area contributed by atoms with Gasteiger partial charge in [0.05, 0.1) is 12.0 Å². The van der Waals surface area contributed by atoms with Gasteiger partial charge < -0.3 is 0 Å². The monoisotopic (exact) mass is 272 g/mol. The molecule has 4 rings (SSSR count). The van der Waals surface area contributed by atoms with Gasteiger partial charge in [-0.1, -0.05) is 24.3 Å². The minimum absolute atomic E-state index is 0.128. The molecule has 0 saturated carbocycles. The van der Waals surface area contributed by atoms with E-state index < -0.39 is 12.0 Å². The lowest BCUT2D eigenvalue weighted by molar-refractivity contribution is -0.197. The molecule has 0 spiro atoms. The Hall–Kier alpha value is -1.72. The number of fused-ring (bicyclic) bond motifs is 5. The Kier molecular flexibility index (Phi) is 2.35. The van der Waals surface area contributed by atoms with Gasteiger partial charge in [0.2, 0.25) is 5.91 Å². The van der Waals surface area contributed by atoms with Crippen molar-refractivity contribution < 1.29 is 14.4 Å². The van der Waals surface area contributed by atoms with E-state index in [1.165, 1.54) is 17.5 Å². The molecule has 5 nitrogen and oxygen atoms in total. The average molecular weight is 272 g/mol. The van der Waals surface area contributed by atoms with E-state index in [1.807, 2.05) is 23.3 Å². The normalized spacial score (nSPS) is 36.0. The zero-order chi connectivity index (χ0) is 14.0. The number of likely N-dealkylation sites (tertiary alicyclic amines) is 1. The quantitative estimate of drug-likeness (QED) is 0.659. The van der Waals surface area contributed by atoms with Crippen LogP contribution in [0.4, 0.5) is 0 Å². The number of benzene rings is 1. The molecule has 3 heterocycles. The van der Waals surface area contributed by atoms with Crippen molar-refractivity contribution in [2.45, 2.75) is 31.5 Å². The van der Waals surface area contributed by atoms with Crippen molar-refractivity contribution in [3.8, 4) is 0 Å². The fraction of sp³-hybridized carbons (Fsp3) is 0.467. The fourth-order valence-electron chi connectivity index (χ4n) is 3.70. The van der Waals surface area contributed by atoms with Crippen molar-refractivity contribution in [1.82, 2.24) is 9.96 Å². The van der Waals surface area contributed by atoms with Gasteiger partial charge in [0.25, 0.3) is 5.91 Å². The maximum absolute atomic E-state index is 12.4. The maximum Gasteiger partial charge on any atom is 0.261 e. The first-order valence-corrected chi connectivity index (χ1v) is 6.94. The summed E-state index contributed by atoms with van der Waals surface area (Å²) in [4.78, 5) is 31.5. The van der Waals surface area contributed by atoms with Gasteiger partial charge in [-0.2, -0.15) is 5.06 Å². The molecule has 2 saturated heterocycles. The first kappa shape index (κ1) is 12.1. The Morgan fingerprint density at radius 2 is 1.95 bits per heavy atom. The number of carbonyl (C=O) groups is 2. The van der Waals surface area contributed by atoms with E-state index in [9.17, 15) is 9.59 Å². The first-order chi connectivity index (χ1) is 9.59. The number of rotatable bonds is 0. The number of imide groups is 1. The second kappa shape index (κ2) is 3.90. The highest BCUT2D eigenvalue weighted by molar-refractivity contribution is 6.07. The number of hydrogen-bond acceptors (Lipinski definition) is 4. The van der Waals surface area contributed by atoms with E-state index in [0.29, 0.717) is 0 Å². The van der Waals surface area contributed by atoms with Crippen LogP contribution in [0.5, 0.6) is 0 Å². The second-order valence-electron chi connectivity index (χ2n) is 5.84. The highest BCUT2D eigenvalue weighted by Crippen LogP contribution is 2.48. The van der Waals surface area contributed by atoms with Crippen molar-refractivity contribution in [3.63, 3.8) is 0 Å². The minimum Gasteiger partial charge on any atom is -0.284 e.